The second-order valence-corrected chi connectivity index (χ2v) is 4.32. The van der Waals surface area contributed by atoms with E-state index < -0.39 is 5.54 Å². The molecule has 2 N–H and O–H groups in total. The van der Waals surface area contributed by atoms with E-state index in [2.05, 4.69) is 15.9 Å². The van der Waals surface area contributed by atoms with E-state index in [1.54, 1.807) is 12.1 Å². The van der Waals surface area contributed by atoms with Crippen LogP contribution in [0.15, 0.2) is 22.7 Å². The van der Waals surface area contributed by atoms with Gasteiger partial charge in [-0.05, 0) is 34.8 Å². The summed E-state index contributed by atoms with van der Waals surface area (Å²) in [5.41, 5.74) is 6.17. The van der Waals surface area contributed by atoms with Crippen molar-refractivity contribution in [1.29, 1.82) is 0 Å². The average molecular weight is 260 g/mol. The van der Waals surface area contributed by atoms with Crippen molar-refractivity contribution in [2.45, 2.75) is 32.2 Å². The molecular weight excluding hydrogens is 245 g/mol. The molecule has 0 aliphatic rings. The maximum Gasteiger partial charge on any atom is 0.142 e. The second kappa shape index (κ2) is 4.41. The maximum absolute atomic E-state index is 13.7. The monoisotopic (exact) mass is 259 g/mol. The normalized spacial score (nSPS) is 11.8. The molecule has 0 spiro atoms. The summed E-state index contributed by atoms with van der Waals surface area (Å²) in [7, 11) is 0. The van der Waals surface area contributed by atoms with Gasteiger partial charge in [0.2, 0.25) is 0 Å². The molecule has 0 atom stereocenters. The van der Waals surface area contributed by atoms with E-state index >= 15 is 0 Å². The number of halogens is 2. The van der Waals surface area contributed by atoms with Gasteiger partial charge in [-0.2, -0.15) is 0 Å². The zero-order valence-corrected chi connectivity index (χ0v) is 10.1. The first kappa shape index (κ1) is 11.7. The number of benzene rings is 1. The molecule has 0 saturated carbocycles. The standard InChI is InChI=1S/C11H15BrFN/c1-3-11(14,4-2)8-6-5-7-9(12)10(8)13/h5-7H,3-4,14H2,1-2H3. The van der Waals surface area contributed by atoms with Crippen molar-refractivity contribution in [3.05, 3.63) is 34.1 Å². The fraction of sp³-hybridized carbons (Fsp3) is 0.455. The molecule has 3 heteroatoms. The van der Waals surface area contributed by atoms with Gasteiger partial charge in [-0.15, -0.1) is 0 Å². The predicted molar refractivity (Wildman–Crippen MR) is 60.5 cm³/mol. The van der Waals surface area contributed by atoms with Gasteiger partial charge in [0, 0.05) is 11.1 Å². The van der Waals surface area contributed by atoms with Gasteiger partial charge >= 0.3 is 0 Å². The molecule has 1 rings (SSSR count). The first-order valence-corrected chi connectivity index (χ1v) is 5.57. The highest BCUT2D eigenvalue weighted by Crippen LogP contribution is 2.30. The predicted octanol–water partition coefficient (Wildman–Crippen LogP) is 3.56. The Kier molecular flexibility index (Phi) is 3.67. The summed E-state index contributed by atoms with van der Waals surface area (Å²) in [6.45, 7) is 3.95. The molecule has 0 amide bonds. The van der Waals surface area contributed by atoms with Crippen LogP contribution in [0.1, 0.15) is 32.3 Å². The Labute approximate surface area is 92.6 Å². The van der Waals surface area contributed by atoms with E-state index in [1.165, 1.54) is 0 Å². The van der Waals surface area contributed by atoms with E-state index in [4.69, 9.17) is 5.73 Å². The van der Waals surface area contributed by atoms with Crippen LogP contribution in [0, 0.1) is 5.82 Å². The highest BCUT2D eigenvalue weighted by molar-refractivity contribution is 9.10. The minimum atomic E-state index is -0.548. The molecular formula is C11H15BrFN. The number of hydrogen-bond acceptors (Lipinski definition) is 1. The van der Waals surface area contributed by atoms with Crippen molar-refractivity contribution in [3.63, 3.8) is 0 Å². The summed E-state index contributed by atoms with van der Waals surface area (Å²) in [5, 5.41) is 0. The van der Waals surface area contributed by atoms with E-state index in [-0.39, 0.29) is 5.82 Å². The lowest BCUT2D eigenvalue weighted by Gasteiger charge is -2.27. The van der Waals surface area contributed by atoms with Crippen LogP contribution >= 0.6 is 15.9 Å². The Bertz CT molecular complexity index is 321. The van der Waals surface area contributed by atoms with Gasteiger partial charge in [0.25, 0.3) is 0 Å². The highest BCUT2D eigenvalue weighted by Gasteiger charge is 2.26. The minimum Gasteiger partial charge on any atom is -0.321 e. The van der Waals surface area contributed by atoms with Crippen LogP contribution in [-0.4, -0.2) is 0 Å². The van der Waals surface area contributed by atoms with Crippen LogP contribution < -0.4 is 5.73 Å². The lowest BCUT2D eigenvalue weighted by atomic mass is 9.85. The smallest absolute Gasteiger partial charge is 0.142 e. The molecule has 14 heavy (non-hydrogen) atoms. The quantitative estimate of drug-likeness (QED) is 0.883. The first-order chi connectivity index (χ1) is 6.55. The molecule has 78 valence electrons. The van der Waals surface area contributed by atoms with Gasteiger partial charge in [-0.3, -0.25) is 0 Å². The minimum absolute atomic E-state index is 0.237. The number of rotatable bonds is 3. The van der Waals surface area contributed by atoms with Crippen molar-refractivity contribution in [3.8, 4) is 0 Å². The second-order valence-electron chi connectivity index (χ2n) is 3.46. The van der Waals surface area contributed by atoms with Gasteiger partial charge in [-0.25, -0.2) is 4.39 Å². The van der Waals surface area contributed by atoms with Crippen molar-refractivity contribution < 1.29 is 4.39 Å². The summed E-state index contributed by atoms with van der Waals surface area (Å²) in [6.07, 6.45) is 1.47. The molecule has 0 aliphatic heterocycles. The third-order valence-electron chi connectivity index (χ3n) is 2.75. The Morgan fingerprint density at radius 3 is 2.43 bits per heavy atom. The van der Waals surface area contributed by atoms with Gasteiger partial charge in [0.1, 0.15) is 5.82 Å². The van der Waals surface area contributed by atoms with Gasteiger partial charge in [-0.1, -0.05) is 26.0 Å². The summed E-state index contributed by atoms with van der Waals surface area (Å²) in [4.78, 5) is 0. The fourth-order valence-corrected chi connectivity index (χ4v) is 1.89. The fourth-order valence-electron chi connectivity index (χ4n) is 1.52. The zero-order valence-electron chi connectivity index (χ0n) is 8.48. The summed E-state index contributed by atoms with van der Waals surface area (Å²) in [5.74, 6) is -0.237. The summed E-state index contributed by atoms with van der Waals surface area (Å²) >= 11 is 3.17. The summed E-state index contributed by atoms with van der Waals surface area (Å²) < 4.78 is 14.2. The van der Waals surface area contributed by atoms with Crippen LogP contribution in [0.25, 0.3) is 0 Å². The number of hydrogen-bond donors (Lipinski definition) is 1. The van der Waals surface area contributed by atoms with Crippen molar-refractivity contribution in [1.82, 2.24) is 0 Å². The highest BCUT2D eigenvalue weighted by atomic mass is 79.9. The Morgan fingerprint density at radius 1 is 1.36 bits per heavy atom. The molecule has 0 unspecified atom stereocenters. The average Bonchev–Trinajstić information content (AvgIpc) is 2.21. The van der Waals surface area contributed by atoms with Crippen molar-refractivity contribution >= 4 is 15.9 Å². The maximum atomic E-state index is 13.7. The first-order valence-electron chi connectivity index (χ1n) is 4.78. The molecule has 1 aromatic rings. The molecule has 0 aromatic heterocycles. The lowest BCUT2D eigenvalue weighted by molar-refractivity contribution is 0.391. The van der Waals surface area contributed by atoms with Crippen LogP contribution in [0.5, 0.6) is 0 Å². The van der Waals surface area contributed by atoms with Crippen LogP contribution in [0.4, 0.5) is 4.39 Å². The van der Waals surface area contributed by atoms with Crippen molar-refractivity contribution in [2.24, 2.45) is 5.73 Å². The van der Waals surface area contributed by atoms with E-state index in [0.29, 0.717) is 10.0 Å². The third-order valence-corrected chi connectivity index (χ3v) is 3.36. The van der Waals surface area contributed by atoms with Crippen LogP contribution in [0.3, 0.4) is 0 Å². The SMILES string of the molecule is CCC(N)(CC)c1cccc(Br)c1F. The molecule has 0 bridgehead atoms. The molecule has 1 aromatic carbocycles. The topological polar surface area (TPSA) is 26.0 Å². The molecule has 0 aliphatic carbocycles. The zero-order chi connectivity index (χ0) is 10.8. The Morgan fingerprint density at radius 2 is 1.93 bits per heavy atom. The summed E-state index contributed by atoms with van der Waals surface area (Å²) in [6, 6.07) is 5.26. The Balaban J connectivity index is 3.24. The van der Waals surface area contributed by atoms with Gasteiger partial charge < -0.3 is 5.73 Å². The number of nitrogens with two attached hydrogens (primary N) is 1. The van der Waals surface area contributed by atoms with Gasteiger partial charge in [0.15, 0.2) is 0 Å². The van der Waals surface area contributed by atoms with E-state index in [9.17, 15) is 4.39 Å². The lowest BCUT2D eigenvalue weighted by Crippen LogP contribution is -2.36. The van der Waals surface area contributed by atoms with Crippen LogP contribution in [0.2, 0.25) is 0 Å². The third kappa shape index (κ3) is 1.98. The largest absolute Gasteiger partial charge is 0.321 e. The molecule has 0 heterocycles. The molecule has 0 saturated heterocycles. The Hall–Kier alpha value is -0.410. The van der Waals surface area contributed by atoms with Crippen LogP contribution in [-0.2, 0) is 5.54 Å². The molecule has 0 fully saturated rings. The van der Waals surface area contributed by atoms with Gasteiger partial charge in [0.05, 0.1) is 4.47 Å². The molecule has 1 nitrogen and oxygen atoms in total. The van der Waals surface area contributed by atoms with Crippen molar-refractivity contribution in [2.75, 3.05) is 0 Å². The molecule has 0 radical (unpaired) electrons. The van der Waals surface area contributed by atoms with E-state index in [1.807, 2.05) is 19.9 Å². The van der Waals surface area contributed by atoms with E-state index in [0.717, 1.165) is 12.8 Å².